The molecule has 0 aliphatic heterocycles. The maximum Gasteiger partial charge on any atom is 0.306 e. The summed E-state index contributed by atoms with van der Waals surface area (Å²) in [4.78, 5) is 36.7. The molecule has 0 atom stereocenters. The summed E-state index contributed by atoms with van der Waals surface area (Å²) in [6, 6.07) is 9.50. The fourth-order valence-corrected chi connectivity index (χ4v) is 3.56. The summed E-state index contributed by atoms with van der Waals surface area (Å²) in [5.41, 5.74) is 2.89. The first-order valence-corrected chi connectivity index (χ1v) is 10.3. The van der Waals surface area contributed by atoms with Crippen molar-refractivity contribution in [2.24, 2.45) is 0 Å². The number of carbonyl (C=O) groups is 3. The standard InChI is InChI=1S/C22H27NO4S/c1-14(2)16-7-5-8-17(15(3)4)22(16)23-20(25)13-27-21(26)11-10-18(24)19-9-6-12-28-19/h5-9,12,14-15H,10-11,13H2,1-4H3,(H,23,25). The zero-order chi connectivity index (χ0) is 20.7. The second-order valence-corrected chi connectivity index (χ2v) is 8.18. The highest BCUT2D eigenvalue weighted by atomic mass is 32.1. The van der Waals surface area contributed by atoms with Gasteiger partial charge >= 0.3 is 5.97 Å². The molecule has 0 unspecified atom stereocenters. The molecule has 0 radical (unpaired) electrons. The number of hydrogen-bond acceptors (Lipinski definition) is 5. The van der Waals surface area contributed by atoms with Gasteiger partial charge in [0.15, 0.2) is 12.4 Å². The molecule has 2 rings (SSSR count). The zero-order valence-electron chi connectivity index (χ0n) is 16.8. The van der Waals surface area contributed by atoms with Crippen LogP contribution in [0.15, 0.2) is 35.7 Å². The molecule has 2 aromatic rings. The van der Waals surface area contributed by atoms with Crippen LogP contribution in [0.4, 0.5) is 5.69 Å². The Bertz CT molecular complexity index is 799. The minimum atomic E-state index is -0.554. The third-order valence-electron chi connectivity index (χ3n) is 4.35. The monoisotopic (exact) mass is 401 g/mol. The zero-order valence-corrected chi connectivity index (χ0v) is 17.6. The highest BCUT2D eigenvalue weighted by Crippen LogP contribution is 2.32. The molecular weight excluding hydrogens is 374 g/mol. The highest BCUT2D eigenvalue weighted by Gasteiger charge is 2.17. The van der Waals surface area contributed by atoms with Gasteiger partial charge in [-0.25, -0.2) is 0 Å². The van der Waals surface area contributed by atoms with Crippen LogP contribution in [0.25, 0.3) is 0 Å². The number of benzene rings is 1. The van der Waals surface area contributed by atoms with Gasteiger partial charge in [0.05, 0.1) is 11.3 Å². The van der Waals surface area contributed by atoms with E-state index in [4.69, 9.17) is 4.74 Å². The predicted octanol–water partition coefficient (Wildman–Crippen LogP) is 5.14. The molecule has 150 valence electrons. The summed E-state index contributed by atoms with van der Waals surface area (Å²) in [5, 5.41) is 4.72. The number of para-hydroxylation sites is 1. The van der Waals surface area contributed by atoms with Gasteiger partial charge in [0, 0.05) is 12.1 Å². The second kappa shape index (κ2) is 10.2. The van der Waals surface area contributed by atoms with Crippen molar-refractivity contribution in [3.63, 3.8) is 0 Å². The Morgan fingerprint density at radius 3 is 2.14 bits per heavy atom. The largest absolute Gasteiger partial charge is 0.456 e. The molecule has 0 saturated heterocycles. The van der Waals surface area contributed by atoms with E-state index in [9.17, 15) is 14.4 Å². The van der Waals surface area contributed by atoms with Crippen LogP contribution in [0.5, 0.6) is 0 Å². The van der Waals surface area contributed by atoms with Gasteiger partial charge < -0.3 is 10.1 Å². The first-order chi connectivity index (χ1) is 13.3. The van der Waals surface area contributed by atoms with E-state index in [0.29, 0.717) is 4.88 Å². The average Bonchev–Trinajstić information content (AvgIpc) is 3.19. The molecule has 5 nitrogen and oxygen atoms in total. The van der Waals surface area contributed by atoms with Crippen molar-refractivity contribution in [1.29, 1.82) is 0 Å². The number of thiophene rings is 1. The number of Topliss-reactive ketones (excluding diaryl/α,β-unsaturated/α-hetero) is 1. The molecule has 6 heteroatoms. The normalized spacial score (nSPS) is 10.9. The van der Waals surface area contributed by atoms with Gasteiger partial charge in [0.1, 0.15) is 0 Å². The third-order valence-corrected chi connectivity index (χ3v) is 5.26. The van der Waals surface area contributed by atoms with E-state index in [0.717, 1.165) is 16.8 Å². The second-order valence-electron chi connectivity index (χ2n) is 7.23. The number of rotatable bonds is 9. The van der Waals surface area contributed by atoms with Crippen molar-refractivity contribution in [3.8, 4) is 0 Å². The Kier molecular flexibility index (Phi) is 7.93. The number of carbonyl (C=O) groups excluding carboxylic acids is 3. The number of nitrogens with one attached hydrogen (secondary N) is 1. The van der Waals surface area contributed by atoms with Crippen LogP contribution in [0, 0.1) is 0 Å². The van der Waals surface area contributed by atoms with E-state index in [-0.39, 0.29) is 43.0 Å². The molecule has 1 amide bonds. The highest BCUT2D eigenvalue weighted by molar-refractivity contribution is 7.12. The molecule has 0 aliphatic rings. The van der Waals surface area contributed by atoms with Crippen molar-refractivity contribution in [1.82, 2.24) is 0 Å². The SMILES string of the molecule is CC(C)c1cccc(C(C)C)c1NC(=O)COC(=O)CCC(=O)c1cccs1. The summed E-state index contributed by atoms with van der Waals surface area (Å²) in [6.07, 6.45) is 0.0402. The Morgan fingerprint density at radius 1 is 0.964 bits per heavy atom. The van der Waals surface area contributed by atoms with Crippen molar-refractivity contribution >= 4 is 34.7 Å². The number of hydrogen-bond donors (Lipinski definition) is 1. The Morgan fingerprint density at radius 2 is 1.61 bits per heavy atom. The van der Waals surface area contributed by atoms with Crippen LogP contribution in [-0.4, -0.2) is 24.3 Å². The Hall–Kier alpha value is -2.47. The number of anilines is 1. The molecule has 0 fully saturated rings. The Balaban J connectivity index is 1.90. The van der Waals surface area contributed by atoms with E-state index in [2.05, 4.69) is 33.0 Å². The maximum absolute atomic E-state index is 12.3. The molecular formula is C22H27NO4S. The number of ether oxygens (including phenoxy) is 1. The van der Waals surface area contributed by atoms with Gasteiger partial charge in [-0.05, 0) is 34.4 Å². The fraction of sp³-hybridized carbons (Fsp3) is 0.409. The van der Waals surface area contributed by atoms with E-state index in [1.807, 2.05) is 23.6 Å². The van der Waals surface area contributed by atoms with E-state index < -0.39 is 5.97 Å². The predicted molar refractivity (Wildman–Crippen MR) is 112 cm³/mol. The molecule has 0 aliphatic carbocycles. The van der Waals surface area contributed by atoms with Crippen molar-refractivity contribution < 1.29 is 19.1 Å². The van der Waals surface area contributed by atoms with Crippen LogP contribution in [-0.2, 0) is 14.3 Å². The van der Waals surface area contributed by atoms with Gasteiger partial charge in [0.25, 0.3) is 5.91 Å². The minimum Gasteiger partial charge on any atom is -0.456 e. The van der Waals surface area contributed by atoms with Crippen molar-refractivity contribution in [2.45, 2.75) is 52.4 Å². The van der Waals surface area contributed by atoms with Gasteiger partial charge in [-0.2, -0.15) is 0 Å². The fourth-order valence-electron chi connectivity index (χ4n) is 2.87. The first kappa shape index (κ1) is 21.8. The molecule has 1 aromatic carbocycles. The van der Waals surface area contributed by atoms with Crippen molar-refractivity contribution in [3.05, 3.63) is 51.7 Å². The van der Waals surface area contributed by atoms with Crippen LogP contribution in [0.1, 0.15) is 73.2 Å². The molecule has 0 bridgehead atoms. The van der Waals surface area contributed by atoms with Gasteiger partial charge in [-0.1, -0.05) is 52.0 Å². The molecule has 0 saturated carbocycles. The van der Waals surface area contributed by atoms with Gasteiger partial charge in [-0.15, -0.1) is 11.3 Å². The van der Waals surface area contributed by atoms with E-state index in [1.54, 1.807) is 12.1 Å². The quantitative estimate of drug-likeness (QED) is 0.466. The molecule has 28 heavy (non-hydrogen) atoms. The lowest BCUT2D eigenvalue weighted by Gasteiger charge is -2.20. The van der Waals surface area contributed by atoms with Gasteiger partial charge in [0.2, 0.25) is 0 Å². The average molecular weight is 402 g/mol. The summed E-state index contributed by atoms with van der Waals surface area (Å²) < 4.78 is 5.04. The topological polar surface area (TPSA) is 72.5 Å². The summed E-state index contributed by atoms with van der Waals surface area (Å²) in [5.74, 6) is -0.530. The summed E-state index contributed by atoms with van der Waals surface area (Å²) in [7, 11) is 0. The lowest BCUT2D eigenvalue weighted by Crippen LogP contribution is -2.23. The van der Waals surface area contributed by atoms with Crippen molar-refractivity contribution in [2.75, 3.05) is 11.9 Å². The maximum atomic E-state index is 12.3. The summed E-state index contributed by atoms with van der Waals surface area (Å²) >= 11 is 1.34. The molecule has 1 heterocycles. The van der Waals surface area contributed by atoms with Gasteiger partial charge in [-0.3, -0.25) is 14.4 Å². The first-order valence-electron chi connectivity index (χ1n) is 9.44. The van der Waals surface area contributed by atoms with Crippen LogP contribution < -0.4 is 5.32 Å². The summed E-state index contributed by atoms with van der Waals surface area (Å²) in [6.45, 7) is 7.91. The number of ketones is 1. The van der Waals surface area contributed by atoms with E-state index >= 15 is 0 Å². The number of amides is 1. The third kappa shape index (κ3) is 6.02. The number of esters is 1. The molecule has 1 N–H and O–H groups in total. The lowest BCUT2D eigenvalue weighted by molar-refractivity contribution is -0.147. The Labute approximate surface area is 170 Å². The molecule has 0 spiro atoms. The van der Waals surface area contributed by atoms with Crippen LogP contribution in [0.2, 0.25) is 0 Å². The molecule has 1 aromatic heterocycles. The lowest BCUT2D eigenvalue weighted by atomic mass is 9.92. The minimum absolute atomic E-state index is 0.0379. The van der Waals surface area contributed by atoms with Crippen LogP contribution in [0.3, 0.4) is 0 Å². The smallest absolute Gasteiger partial charge is 0.306 e. The van der Waals surface area contributed by atoms with E-state index in [1.165, 1.54) is 11.3 Å². The van der Waals surface area contributed by atoms with Crippen LogP contribution >= 0.6 is 11.3 Å².